The number of benzene rings is 1. The Morgan fingerprint density at radius 3 is 2.88 bits per heavy atom. The molecule has 1 aliphatic heterocycles. The Balaban J connectivity index is 1.71. The van der Waals surface area contributed by atoms with E-state index in [1.54, 1.807) is 4.68 Å². The average Bonchev–Trinajstić information content (AvgIpc) is 2.93. The second-order valence-corrected chi connectivity index (χ2v) is 7.21. The lowest BCUT2D eigenvalue weighted by Gasteiger charge is -2.42. The molecule has 134 valence electrons. The average molecular weight is 344 g/mol. The number of carboxylic acids is 1. The summed E-state index contributed by atoms with van der Waals surface area (Å²) >= 11 is 0. The molecule has 1 unspecified atom stereocenters. The maximum absolute atomic E-state index is 11.0. The van der Waals surface area contributed by atoms with Crippen molar-refractivity contribution < 1.29 is 14.6 Å². The van der Waals surface area contributed by atoms with Crippen LogP contribution in [0.1, 0.15) is 31.5 Å². The van der Waals surface area contributed by atoms with Gasteiger partial charge in [0.2, 0.25) is 0 Å². The van der Waals surface area contributed by atoms with Crippen LogP contribution in [0.5, 0.6) is 0 Å². The summed E-state index contributed by atoms with van der Waals surface area (Å²) in [7, 11) is 0. The normalized spacial score (nSPS) is 20.5. The lowest BCUT2D eigenvalue weighted by atomic mass is 10.0. The van der Waals surface area contributed by atoms with E-state index in [2.05, 4.69) is 15.2 Å². The zero-order chi connectivity index (χ0) is 18.0. The molecule has 0 spiro atoms. The van der Waals surface area contributed by atoms with Gasteiger partial charge in [-0.15, -0.1) is 5.10 Å². The zero-order valence-corrected chi connectivity index (χ0v) is 14.8. The van der Waals surface area contributed by atoms with Crippen LogP contribution >= 0.6 is 0 Å². The van der Waals surface area contributed by atoms with Crippen molar-refractivity contribution in [1.29, 1.82) is 0 Å². The third kappa shape index (κ3) is 4.43. The molecule has 0 amide bonds. The molecular formula is C18H24N4O3. The van der Waals surface area contributed by atoms with Crippen molar-refractivity contribution in [2.24, 2.45) is 0 Å². The van der Waals surface area contributed by atoms with Gasteiger partial charge < -0.3 is 9.84 Å². The molecule has 2 heterocycles. The highest BCUT2D eigenvalue weighted by Crippen LogP contribution is 2.24. The van der Waals surface area contributed by atoms with Gasteiger partial charge in [0, 0.05) is 19.6 Å². The molecule has 7 nitrogen and oxygen atoms in total. The highest BCUT2D eigenvalue weighted by molar-refractivity contribution is 5.67. The molecule has 7 heteroatoms. The molecule has 0 radical (unpaired) electrons. The topological polar surface area (TPSA) is 80.5 Å². The fraction of sp³-hybridized carbons (Fsp3) is 0.500. The largest absolute Gasteiger partial charge is 0.481 e. The Morgan fingerprint density at radius 2 is 2.16 bits per heavy atom. The fourth-order valence-electron chi connectivity index (χ4n) is 3.38. The summed E-state index contributed by atoms with van der Waals surface area (Å²) in [5, 5.41) is 17.5. The first-order valence-corrected chi connectivity index (χ1v) is 8.41. The first-order valence-electron chi connectivity index (χ1n) is 8.41. The van der Waals surface area contributed by atoms with E-state index in [1.165, 1.54) is 0 Å². The van der Waals surface area contributed by atoms with Gasteiger partial charge in [0.15, 0.2) is 0 Å². The second kappa shape index (κ2) is 6.93. The third-order valence-corrected chi connectivity index (χ3v) is 4.24. The highest BCUT2D eigenvalue weighted by atomic mass is 16.5. The number of hydrogen-bond donors (Lipinski definition) is 1. The van der Waals surface area contributed by atoms with Crippen LogP contribution in [0, 0.1) is 6.92 Å². The number of hydrogen-bond acceptors (Lipinski definition) is 5. The van der Waals surface area contributed by atoms with E-state index in [4.69, 9.17) is 9.84 Å². The van der Waals surface area contributed by atoms with Crippen molar-refractivity contribution in [1.82, 2.24) is 19.9 Å². The zero-order valence-electron chi connectivity index (χ0n) is 14.8. The Kier molecular flexibility index (Phi) is 4.87. The van der Waals surface area contributed by atoms with Crippen LogP contribution in [0.4, 0.5) is 0 Å². The molecule has 0 aliphatic carbocycles. The predicted molar refractivity (Wildman–Crippen MR) is 92.6 cm³/mol. The minimum Gasteiger partial charge on any atom is -0.481 e. The summed E-state index contributed by atoms with van der Waals surface area (Å²) in [4.78, 5) is 13.2. The molecule has 1 fully saturated rings. The molecule has 1 atom stereocenters. The fourth-order valence-corrected chi connectivity index (χ4v) is 3.38. The number of morpholine rings is 1. The van der Waals surface area contributed by atoms with Gasteiger partial charge in [-0.2, -0.15) is 0 Å². The standard InChI is InChI=1S/C18H24N4O3/c1-13-6-4-5-7-16(13)22-10-14(19-20-22)9-21-11-15(8-17(23)24)25-18(2,3)12-21/h4-7,10,15H,8-9,11-12H2,1-3H3,(H,23,24). The first-order chi connectivity index (χ1) is 11.8. The molecule has 0 saturated carbocycles. The van der Waals surface area contributed by atoms with Crippen LogP contribution in [-0.4, -0.2) is 55.8 Å². The number of para-hydroxylation sites is 1. The monoisotopic (exact) mass is 344 g/mol. The maximum atomic E-state index is 11.0. The molecular weight excluding hydrogens is 320 g/mol. The van der Waals surface area contributed by atoms with Crippen molar-refractivity contribution in [2.75, 3.05) is 13.1 Å². The SMILES string of the molecule is Cc1ccccc1-n1cc(CN2CC(CC(=O)O)OC(C)(C)C2)nn1. The number of ether oxygens (including phenoxy) is 1. The molecule has 1 aliphatic rings. The Labute approximate surface area is 147 Å². The number of carboxylic acid groups (broad SMARTS) is 1. The summed E-state index contributed by atoms with van der Waals surface area (Å²) in [5.41, 5.74) is 2.61. The van der Waals surface area contributed by atoms with Crippen LogP contribution in [-0.2, 0) is 16.1 Å². The van der Waals surface area contributed by atoms with Crippen molar-refractivity contribution in [3.05, 3.63) is 41.7 Å². The number of carbonyl (C=O) groups is 1. The molecule has 3 rings (SSSR count). The summed E-state index contributed by atoms with van der Waals surface area (Å²) in [5.74, 6) is -0.840. The van der Waals surface area contributed by atoms with Crippen molar-refractivity contribution in [3.63, 3.8) is 0 Å². The first kappa shape index (κ1) is 17.6. The maximum Gasteiger partial charge on any atom is 0.306 e. The minimum absolute atomic E-state index is 0.00975. The summed E-state index contributed by atoms with van der Waals surface area (Å²) in [6.07, 6.45) is 1.62. The third-order valence-electron chi connectivity index (χ3n) is 4.24. The van der Waals surface area contributed by atoms with E-state index in [1.807, 2.05) is 51.2 Å². The molecule has 1 N–H and O–H groups in total. The van der Waals surface area contributed by atoms with E-state index in [0.29, 0.717) is 13.1 Å². The van der Waals surface area contributed by atoms with Gasteiger partial charge in [0.05, 0.1) is 35.7 Å². The molecule has 1 saturated heterocycles. The summed E-state index contributed by atoms with van der Waals surface area (Å²) in [6, 6.07) is 8.02. The van der Waals surface area contributed by atoms with E-state index >= 15 is 0 Å². The van der Waals surface area contributed by atoms with Gasteiger partial charge in [0.25, 0.3) is 0 Å². The minimum atomic E-state index is -0.840. The lowest BCUT2D eigenvalue weighted by molar-refractivity contribution is -0.158. The van der Waals surface area contributed by atoms with E-state index in [9.17, 15) is 4.79 Å². The summed E-state index contributed by atoms with van der Waals surface area (Å²) in [6.45, 7) is 7.93. The van der Waals surface area contributed by atoms with Crippen molar-refractivity contribution >= 4 is 5.97 Å². The van der Waals surface area contributed by atoms with Crippen molar-refractivity contribution in [3.8, 4) is 5.69 Å². The molecule has 0 bridgehead atoms. The van der Waals surface area contributed by atoms with Gasteiger partial charge in [-0.25, -0.2) is 4.68 Å². The molecule has 1 aromatic carbocycles. The van der Waals surface area contributed by atoms with Crippen LogP contribution < -0.4 is 0 Å². The van der Waals surface area contributed by atoms with Gasteiger partial charge >= 0.3 is 5.97 Å². The Bertz CT molecular complexity index is 756. The van der Waals surface area contributed by atoms with Gasteiger partial charge in [-0.05, 0) is 32.4 Å². The van der Waals surface area contributed by atoms with Crippen molar-refractivity contribution in [2.45, 2.75) is 45.4 Å². The van der Waals surface area contributed by atoms with Crippen LogP contribution in [0.15, 0.2) is 30.5 Å². The van der Waals surface area contributed by atoms with Crippen LogP contribution in [0.25, 0.3) is 5.69 Å². The van der Waals surface area contributed by atoms with Gasteiger partial charge in [0.1, 0.15) is 0 Å². The lowest BCUT2D eigenvalue weighted by Crippen LogP contribution is -2.52. The molecule has 2 aromatic rings. The Morgan fingerprint density at radius 1 is 1.40 bits per heavy atom. The smallest absolute Gasteiger partial charge is 0.306 e. The van der Waals surface area contributed by atoms with Crippen LogP contribution in [0.3, 0.4) is 0 Å². The number of nitrogens with zero attached hydrogens (tertiary/aromatic N) is 4. The summed E-state index contributed by atoms with van der Waals surface area (Å²) < 4.78 is 7.66. The number of aliphatic carboxylic acids is 1. The van der Waals surface area contributed by atoms with Gasteiger partial charge in [-0.3, -0.25) is 9.69 Å². The number of aryl methyl sites for hydroxylation is 1. The quantitative estimate of drug-likeness (QED) is 0.894. The van der Waals surface area contributed by atoms with E-state index in [0.717, 1.165) is 23.5 Å². The van der Waals surface area contributed by atoms with E-state index < -0.39 is 5.97 Å². The highest BCUT2D eigenvalue weighted by Gasteiger charge is 2.34. The second-order valence-electron chi connectivity index (χ2n) is 7.21. The Hall–Kier alpha value is -2.25. The number of aromatic nitrogens is 3. The molecule has 25 heavy (non-hydrogen) atoms. The molecule has 1 aromatic heterocycles. The predicted octanol–water partition coefficient (Wildman–Crippen LogP) is 2.03. The van der Waals surface area contributed by atoms with Crippen LogP contribution in [0.2, 0.25) is 0 Å². The van der Waals surface area contributed by atoms with Gasteiger partial charge in [-0.1, -0.05) is 23.4 Å². The number of rotatable bonds is 5. The van der Waals surface area contributed by atoms with E-state index in [-0.39, 0.29) is 18.1 Å².